The van der Waals surface area contributed by atoms with Crippen LogP contribution in [0.15, 0.2) is 36.7 Å². The summed E-state index contributed by atoms with van der Waals surface area (Å²) in [6, 6.07) is 6.82. The number of ether oxygens (including phenoxy) is 1. The van der Waals surface area contributed by atoms with Gasteiger partial charge in [0.15, 0.2) is 5.82 Å². The lowest BCUT2D eigenvalue weighted by Crippen LogP contribution is -2.14. The number of amides is 1. The molecular formula is C23H22F2N6O2. The predicted octanol–water partition coefficient (Wildman–Crippen LogP) is 3.47. The molecule has 0 bridgehead atoms. The Morgan fingerprint density at radius 3 is 2.61 bits per heavy atom. The maximum Gasteiger partial charge on any atom is 0.252 e. The van der Waals surface area contributed by atoms with Gasteiger partial charge in [0.1, 0.15) is 40.7 Å². The van der Waals surface area contributed by atoms with E-state index in [9.17, 15) is 9.18 Å². The summed E-state index contributed by atoms with van der Waals surface area (Å²) in [6.07, 6.45) is 1.44. The topological polar surface area (TPSA) is 121 Å². The van der Waals surface area contributed by atoms with Crippen LogP contribution in [0.5, 0.6) is 5.75 Å². The zero-order chi connectivity index (χ0) is 23.9. The van der Waals surface area contributed by atoms with E-state index in [-0.39, 0.29) is 35.0 Å². The summed E-state index contributed by atoms with van der Waals surface area (Å²) in [5, 5.41) is 4.22. The summed E-state index contributed by atoms with van der Waals surface area (Å²) in [4.78, 5) is 20.3. The van der Waals surface area contributed by atoms with Crippen molar-refractivity contribution in [1.82, 2.24) is 19.6 Å². The van der Waals surface area contributed by atoms with Gasteiger partial charge in [0.25, 0.3) is 5.91 Å². The number of nitrogen functional groups attached to an aromatic ring is 1. The first-order valence-electron chi connectivity index (χ1n) is 10.1. The van der Waals surface area contributed by atoms with E-state index in [1.165, 1.54) is 25.6 Å². The molecule has 33 heavy (non-hydrogen) atoms. The second-order valence-electron chi connectivity index (χ2n) is 7.88. The van der Waals surface area contributed by atoms with Gasteiger partial charge in [-0.15, -0.1) is 0 Å². The van der Waals surface area contributed by atoms with Crippen LogP contribution in [0.2, 0.25) is 0 Å². The molecule has 2 aromatic heterocycles. The molecule has 4 aromatic rings. The largest absolute Gasteiger partial charge is 0.496 e. The molecule has 0 fully saturated rings. The average molecular weight is 452 g/mol. The summed E-state index contributed by atoms with van der Waals surface area (Å²) in [5.74, 6) is -1.02. The van der Waals surface area contributed by atoms with E-state index in [4.69, 9.17) is 16.2 Å². The fraction of sp³-hybridized carbons (Fsp3) is 0.217. The highest BCUT2D eigenvalue weighted by atomic mass is 19.1. The molecule has 0 atom stereocenters. The van der Waals surface area contributed by atoms with Crippen molar-refractivity contribution in [1.29, 1.82) is 0 Å². The monoisotopic (exact) mass is 452 g/mol. The molecule has 1 amide bonds. The number of halogens is 2. The number of fused-ring (bicyclic) bond motifs is 1. The molecule has 0 aliphatic rings. The van der Waals surface area contributed by atoms with Crippen LogP contribution in [0.3, 0.4) is 0 Å². The minimum atomic E-state index is -0.818. The molecular weight excluding hydrogens is 430 g/mol. The molecule has 0 saturated heterocycles. The minimum Gasteiger partial charge on any atom is -0.496 e. The number of imidazole rings is 1. The minimum absolute atomic E-state index is 0.0165. The first kappa shape index (κ1) is 22.1. The van der Waals surface area contributed by atoms with E-state index < -0.39 is 17.5 Å². The number of nitrogens with two attached hydrogens (primary N) is 2. The van der Waals surface area contributed by atoms with Gasteiger partial charge >= 0.3 is 0 Å². The Balaban J connectivity index is 1.78. The highest BCUT2D eigenvalue weighted by molar-refractivity contribution is 5.96. The Bertz CT molecular complexity index is 1380. The number of anilines is 1. The maximum atomic E-state index is 15.3. The molecule has 0 spiro atoms. The molecule has 2 aromatic carbocycles. The summed E-state index contributed by atoms with van der Waals surface area (Å²) in [7, 11) is 1.36. The van der Waals surface area contributed by atoms with Crippen LogP contribution in [0, 0.1) is 11.6 Å². The molecule has 0 aliphatic carbocycles. The molecule has 0 saturated carbocycles. The van der Waals surface area contributed by atoms with Gasteiger partial charge in [0.05, 0.1) is 12.7 Å². The third-order valence-corrected chi connectivity index (χ3v) is 5.29. The van der Waals surface area contributed by atoms with Crippen LogP contribution in [-0.2, 0) is 6.42 Å². The van der Waals surface area contributed by atoms with Crippen LogP contribution in [-0.4, -0.2) is 32.6 Å². The van der Waals surface area contributed by atoms with E-state index in [1.807, 2.05) is 13.8 Å². The van der Waals surface area contributed by atoms with E-state index in [2.05, 4.69) is 15.1 Å². The summed E-state index contributed by atoms with van der Waals surface area (Å²) in [6.45, 7) is 3.89. The third-order valence-electron chi connectivity index (χ3n) is 5.29. The molecule has 2 heterocycles. The Morgan fingerprint density at radius 2 is 1.97 bits per heavy atom. The van der Waals surface area contributed by atoms with Gasteiger partial charge in [0.2, 0.25) is 0 Å². The molecule has 4 rings (SSSR count). The summed E-state index contributed by atoms with van der Waals surface area (Å²) in [5.41, 5.74) is 13.2. The lowest BCUT2D eigenvalue weighted by molar-refractivity contribution is 0.0996. The smallest absolute Gasteiger partial charge is 0.252 e. The molecule has 10 heteroatoms. The highest BCUT2D eigenvalue weighted by Gasteiger charge is 2.22. The highest BCUT2D eigenvalue weighted by Crippen LogP contribution is 2.33. The fourth-order valence-electron chi connectivity index (χ4n) is 3.82. The predicted molar refractivity (Wildman–Crippen MR) is 119 cm³/mol. The molecule has 4 N–H and O–H groups in total. The molecule has 8 nitrogen and oxygen atoms in total. The zero-order valence-electron chi connectivity index (χ0n) is 18.3. The second-order valence-corrected chi connectivity index (χ2v) is 7.88. The van der Waals surface area contributed by atoms with E-state index >= 15 is 4.39 Å². The standard InChI is InChI=1S/C23H22F2N6O2/c1-11(2)23-30-18(19-21(26)28-10-29-31(19)23)15-5-4-12(7-17(15)25)6-13-8-14(24)9-16(22(27)32)20(13)33-3/h4-5,7-11H,6H2,1-3H3,(H2,27,32)(H2,26,28,29). The number of primary amides is 1. The van der Waals surface area contributed by atoms with Crippen LogP contribution < -0.4 is 16.2 Å². The van der Waals surface area contributed by atoms with E-state index in [0.717, 1.165) is 6.07 Å². The van der Waals surface area contributed by atoms with Crippen molar-refractivity contribution in [3.8, 4) is 17.0 Å². The fourth-order valence-corrected chi connectivity index (χ4v) is 3.82. The van der Waals surface area contributed by atoms with Gasteiger partial charge in [-0.2, -0.15) is 5.10 Å². The van der Waals surface area contributed by atoms with Crippen LogP contribution in [0.4, 0.5) is 14.6 Å². The molecule has 0 unspecified atom stereocenters. The first-order valence-corrected chi connectivity index (χ1v) is 10.1. The van der Waals surface area contributed by atoms with Gasteiger partial charge < -0.3 is 16.2 Å². The van der Waals surface area contributed by atoms with E-state index in [1.54, 1.807) is 16.6 Å². The number of rotatable bonds is 6. The quantitative estimate of drug-likeness (QED) is 0.462. The lowest BCUT2D eigenvalue weighted by Gasteiger charge is -2.13. The van der Waals surface area contributed by atoms with Crippen molar-refractivity contribution in [2.24, 2.45) is 5.73 Å². The first-order chi connectivity index (χ1) is 15.7. The Labute approximate surface area is 188 Å². The van der Waals surface area contributed by atoms with Gasteiger partial charge in [-0.3, -0.25) is 4.79 Å². The Kier molecular flexibility index (Phi) is 5.67. The number of benzene rings is 2. The van der Waals surface area contributed by atoms with Crippen molar-refractivity contribution in [3.63, 3.8) is 0 Å². The van der Waals surface area contributed by atoms with Gasteiger partial charge in [0, 0.05) is 23.5 Å². The zero-order valence-corrected chi connectivity index (χ0v) is 18.3. The Hall–Kier alpha value is -4.08. The van der Waals surface area contributed by atoms with Crippen molar-refractivity contribution in [2.75, 3.05) is 12.8 Å². The third kappa shape index (κ3) is 3.95. The number of aromatic nitrogens is 4. The number of methoxy groups -OCH3 is 1. The van der Waals surface area contributed by atoms with Gasteiger partial charge in [-0.25, -0.2) is 23.3 Å². The molecule has 0 aliphatic heterocycles. The summed E-state index contributed by atoms with van der Waals surface area (Å²) < 4.78 is 36.2. The second kappa shape index (κ2) is 8.45. The van der Waals surface area contributed by atoms with Crippen LogP contribution >= 0.6 is 0 Å². The number of nitrogens with zero attached hydrogens (tertiary/aromatic N) is 4. The maximum absolute atomic E-state index is 15.3. The normalized spacial score (nSPS) is 11.3. The average Bonchev–Trinajstić information content (AvgIpc) is 3.14. The van der Waals surface area contributed by atoms with Crippen molar-refractivity contribution in [2.45, 2.75) is 26.2 Å². The van der Waals surface area contributed by atoms with Crippen molar-refractivity contribution in [3.05, 3.63) is 70.8 Å². The SMILES string of the molecule is COc1c(Cc2ccc(-c3nc(C(C)C)n4ncnc(N)c34)c(F)c2)cc(F)cc1C(N)=O. The van der Waals surface area contributed by atoms with Crippen molar-refractivity contribution < 1.29 is 18.3 Å². The molecule has 0 radical (unpaired) electrons. The number of hydrogen-bond acceptors (Lipinski definition) is 6. The van der Waals surface area contributed by atoms with Crippen LogP contribution in [0.1, 0.15) is 47.1 Å². The van der Waals surface area contributed by atoms with Gasteiger partial charge in [-0.1, -0.05) is 19.9 Å². The number of carbonyl (C=O) groups excluding carboxylic acids is 1. The van der Waals surface area contributed by atoms with Crippen molar-refractivity contribution >= 4 is 17.2 Å². The molecule has 170 valence electrons. The Morgan fingerprint density at radius 1 is 1.21 bits per heavy atom. The van der Waals surface area contributed by atoms with E-state index in [0.29, 0.717) is 28.2 Å². The number of hydrogen-bond donors (Lipinski definition) is 2. The van der Waals surface area contributed by atoms with Gasteiger partial charge in [-0.05, 0) is 29.8 Å². The van der Waals surface area contributed by atoms with Crippen LogP contribution in [0.25, 0.3) is 16.8 Å². The lowest BCUT2D eigenvalue weighted by atomic mass is 9.98. The number of carbonyl (C=O) groups is 1. The summed E-state index contributed by atoms with van der Waals surface area (Å²) >= 11 is 0.